The molecule has 104 valence electrons. The molecular weight excluding hydrogens is 242 g/mol. The largest absolute Gasteiger partial charge is 0.479 e. The van der Waals surface area contributed by atoms with Gasteiger partial charge in [0.15, 0.2) is 6.10 Å². The molecule has 0 bridgehead atoms. The van der Waals surface area contributed by atoms with Gasteiger partial charge < -0.3 is 14.8 Å². The fourth-order valence-corrected chi connectivity index (χ4v) is 1.98. The van der Waals surface area contributed by atoms with Crippen molar-refractivity contribution >= 4 is 5.97 Å². The Labute approximate surface area is 114 Å². The van der Waals surface area contributed by atoms with Crippen molar-refractivity contribution in [3.63, 3.8) is 0 Å². The molecule has 1 aliphatic heterocycles. The maximum absolute atomic E-state index is 11.4. The Hall–Kier alpha value is -1.55. The lowest BCUT2D eigenvalue weighted by Crippen LogP contribution is -2.22. The van der Waals surface area contributed by atoms with Gasteiger partial charge in [-0.15, -0.1) is 0 Å². The highest BCUT2D eigenvalue weighted by atomic mass is 16.6. The molecule has 1 saturated heterocycles. The second kappa shape index (κ2) is 6.57. The van der Waals surface area contributed by atoms with Crippen LogP contribution in [-0.2, 0) is 16.1 Å². The standard InChI is InChI=1S/C15H21NO3/c1-11(2)9-16-10-12-4-3-5-13(8-12)19-14-6-7-18-15(14)17/h3-5,8,11,14,16H,6-7,9-10H2,1-2H3. The van der Waals surface area contributed by atoms with Crippen LogP contribution >= 0.6 is 0 Å². The van der Waals surface area contributed by atoms with Crippen molar-refractivity contribution in [1.29, 1.82) is 0 Å². The molecule has 1 fully saturated rings. The van der Waals surface area contributed by atoms with Gasteiger partial charge in [0.1, 0.15) is 5.75 Å². The first-order valence-electron chi connectivity index (χ1n) is 6.78. The number of hydrogen-bond acceptors (Lipinski definition) is 4. The molecule has 0 aliphatic carbocycles. The average Bonchev–Trinajstić information content (AvgIpc) is 2.75. The predicted molar refractivity (Wildman–Crippen MR) is 73.0 cm³/mol. The van der Waals surface area contributed by atoms with Gasteiger partial charge >= 0.3 is 5.97 Å². The summed E-state index contributed by atoms with van der Waals surface area (Å²) in [5.74, 6) is 1.10. The maximum Gasteiger partial charge on any atom is 0.347 e. The summed E-state index contributed by atoms with van der Waals surface area (Å²) in [5, 5.41) is 3.38. The zero-order valence-corrected chi connectivity index (χ0v) is 11.5. The van der Waals surface area contributed by atoms with Crippen LogP contribution in [0.4, 0.5) is 0 Å². The lowest BCUT2D eigenvalue weighted by atomic mass is 10.2. The molecule has 1 atom stereocenters. The molecule has 0 aromatic heterocycles. The number of esters is 1. The van der Waals surface area contributed by atoms with E-state index in [0.29, 0.717) is 18.9 Å². The number of carbonyl (C=O) groups is 1. The zero-order chi connectivity index (χ0) is 13.7. The minimum Gasteiger partial charge on any atom is -0.479 e. The molecule has 2 rings (SSSR count). The van der Waals surface area contributed by atoms with Crippen LogP contribution < -0.4 is 10.1 Å². The normalized spacial score (nSPS) is 18.7. The van der Waals surface area contributed by atoms with E-state index in [9.17, 15) is 4.79 Å². The molecule has 1 heterocycles. The van der Waals surface area contributed by atoms with Crippen molar-refractivity contribution in [2.24, 2.45) is 5.92 Å². The predicted octanol–water partition coefficient (Wildman–Crippen LogP) is 2.13. The first-order chi connectivity index (χ1) is 9.15. The number of hydrogen-bond donors (Lipinski definition) is 1. The molecule has 1 aromatic rings. The van der Waals surface area contributed by atoms with Gasteiger partial charge in [-0.25, -0.2) is 4.79 Å². The van der Waals surface area contributed by atoms with E-state index in [1.807, 2.05) is 24.3 Å². The van der Waals surface area contributed by atoms with Crippen LogP contribution in [0.15, 0.2) is 24.3 Å². The van der Waals surface area contributed by atoms with Gasteiger partial charge in [-0.2, -0.15) is 0 Å². The Balaban J connectivity index is 1.89. The second-order valence-electron chi connectivity index (χ2n) is 5.23. The van der Waals surface area contributed by atoms with Crippen LogP contribution in [0.5, 0.6) is 5.75 Å². The number of rotatable bonds is 6. The molecule has 19 heavy (non-hydrogen) atoms. The monoisotopic (exact) mass is 263 g/mol. The SMILES string of the molecule is CC(C)CNCc1cccc(OC2CCOC2=O)c1. The quantitative estimate of drug-likeness (QED) is 0.799. The molecule has 0 radical (unpaired) electrons. The average molecular weight is 263 g/mol. The number of cyclic esters (lactones) is 1. The van der Waals surface area contributed by atoms with E-state index in [-0.39, 0.29) is 5.97 Å². The van der Waals surface area contributed by atoms with E-state index in [4.69, 9.17) is 9.47 Å². The number of nitrogens with one attached hydrogen (secondary N) is 1. The summed E-state index contributed by atoms with van der Waals surface area (Å²) < 4.78 is 10.5. The summed E-state index contributed by atoms with van der Waals surface area (Å²) >= 11 is 0. The third-order valence-electron chi connectivity index (χ3n) is 2.95. The smallest absolute Gasteiger partial charge is 0.347 e. The third kappa shape index (κ3) is 4.24. The van der Waals surface area contributed by atoms with Crippen LogP contribution in [0.3, 0.4) is 0 Å². The van der Waals surface area contributed by atoms with Crippen LogP contribution in [0.25, 0.3) is 0 Å². The van der Waals surface area contributed by atoms with E-state index in [0.717, 1.165) is 24.4 Å². The third-order valence-corrected chi connectivity index (χ3v) is 2.95. The van der Waals surface area contributed by atoms with Gasteiger partial charge in [0.25, 0.3) is 0 Å². The van der Waals surface area contributed by atoms with Crippen molar-refractivity contribution in [2.45, 2.75) is 32.9 Å². The summed E-state index contributed by atoms with van der Waals surface area (Å²) in [6, 6.07) is 7.84. The summed E-state index contributed by atoms with van der Waals surface area (Å²) in [5.41, 5.74) is 1.16. The Morgan fingerprint density at radius 3 is 3.00 bits per heavy atom. The highest BCUT2D eigenvalue weighted by molar-refractivity contribution is 5.76. The van der Waals surface area contributed by atoms with Crippen molar-refractivity contribution in [1.82, 2.24) is 5.32 Å². The van der Waals surface area contributed by atoms with Gasteiger partial charge in [-0.1, -0.05) is 26.0 Å². The first kappa shape index (κ1) is 13.9. The molecule has 0 saturated carbocycles. The van der Waals surface area contributed by atoms with Crippen LogP contribution in [0.2, 0.25) is 0 Å². The molecule has 4 nitrogen and oxygen atoms in total. The molecule has 0 spiro atoms. The number of ether oxygens (including phenoxy) is 2. The molecule has 0 amide bonds. The van der Waals surface area contributed by atoms with Gasteiger partial charge in [0, 0.05) is 13.0 Å². The van der Waals surface area contributed by atoms with Crippen LogP contribution in [0.1, 0.15) is 25.8 Å². The summed E-state index contributed by atoms with van der Waals surface area (Å²) in [6.45, 7) is 6.61. The minimum absolute atomic E-state index is 0.261. The first-order valence-corrected chi connectivity index (χ1v) is 6.78. The molecule has 1 unspecified atom stereocenters. The van der Waals surface area contributed by atoms with E-state index in [2.05, 4.69) is 19.2 Å². The van der Waals surface area contributed by atoms with Gasteiger partial charge in [0.2, 0.25) is 0 Å². The zero-order valence-electron chi connectivity index (χ0n) is 11.5. The van der Waals surface area contributed by atoms with E-state index in [1.165, 1.54) is 0 Å². The molecule has 1 N–H and O–H groups in total. The number of benzene rings is 1. The Morgan fingerprint density at radius 1 is 1.47 bits per heavy atom. The van der Waals surface area contributed by atoms with Crippen LogP contribution in [-0.4, -0.2) is 25.2 Å². The lowest BCUT2D eigenvalue weighted by Gasteiger charge is -2.12. The fourth-order valence-electron chi connectivity index (χ4n) is 1.98. The summed E-state index contributed by atoms with van der Waals surface area (Å²) in [6.07, 6.45) is 0.188. The highest BCUT2D eigenvalue weighted by Crippen LogP contribution is 2.19. The Morgan fingerprint density at radius 2 is 2.32 bits per heavy atom. The number of carbonyl (C=O) groups excluding carboxylic acids is 1. The van der Waals surface area contributed by atoms with Gasteiger partial charge in [-0.05, 0) is 30.2 Å². The molecular formula is C15H21NO3. The molecule has 4 heteroatoms. The lowest BCUT2D eigenvalue weighted by molar-refractivity contribution is -0.143. The maximum atomic E-state index is 11.4. The van der Waals surface area contributed by atoms with E-state index >= 15 is 0 Å². The summed E-state index contributed by atoms with van der Waals surface area (Å²) in [4.78, 5) is 11.4. The summed E-state index contributed by atoms with van der Waals surface area (Å²) in [7, 11) is 0. The van der Waals surface area contributed by atoms with E-state index < -0.39 is 6.10 Å². The fraction of sp³-hybridized carbons (Fsp3) is 0.533. The minimum atomic E-state index is -0.445. The topological polar surface area (TPSA) is 47.6 Å². The van der Waals surface area contributed by atoms with Gasteiger partial charge in [0.05, 0.1) is 6.61 Å². The molecule has 1 aliphatic rings. The second-order valence-corrected chi connectivity index (χ2v) is 5.23. The van der Waals surface area contributed by atoms with Crippen molar-refractivity contribution in [2.75, 3.05) is 13.2 Å². The van der Waals surface area contributed by atoms with Crippen LogP contribution in [0, 0.1) is 5.92 Å². The van der Waals surface area contributed by atoms with Crippen molar-refractivity contribution < 1.29 is 14.3 Å². The van der Waals surface area contributed by atoms with Crippen molar-refractivity contribution in [3.05, 3.63) is 29.8 Å². The Bertz CT molecular complexity index is 431. The Kier molecular flexibility index (Phi) is 4.80. The highest BCUT2D eigenvalue weighted by Gasteiger charge is 2.28. The molecule has 1 aromatic carbocycles. The van der Waals surface area contributed by atoms with E-state index in [1.54, 1.807) is 0 Å². The van der Waals surface area contributed by atoms with Gasteiger partial charge in [-0.3, -0.25) is 0 Å². The van der Waals surface area contributed by atoms with Crippen molar-refractivity contribution in [3.8, 4) is 5.75 Å².